The predicted molar refractivity (Wildman–Crippen MR) is 37.1 cm³/mol. The van der Waals surface area contributed by atoms with E-state index < -0.39 is 0 Å². The number of hydrogen-bond acceptors (Lipinski definition) is 2. The van der Waals surface area contributed by atoms with Gasteiger partial charge in [0.2, 0.25) is 0 Å². The molecule has 0 aliphatic rings. The minimum Gasteiger partial charge on any atom is -0.258 e. The summed E-state index contributed by atoms with van der Waals surface area (Å²) < 4.78 is 0.686. The minimum atomic E-state index is 0.536. The molecule has 0 amide bonds. The number of nitrogens with one attached hydrogen (secondary N) is 1. The van der Waals surface area contributed by atoms with Gasteiger partial charge in [0.15, 0.2) is 0 Å². The van der Waals surface area contributed by atoms with Gasteiger partial charge in [0.05, 0.1) is 4.55 Å². The SMILES string of the molecule is CC(N=N)=NCI. The van der Waals surface area contributed by atoms with Gasteiger partial charge >= 0.3 is 0 Å². The highest BCUT2D eigenvalue weighted by Crippen LogP contribution is 1.84. The predicted octanol–water partition coefficient (Wildman–Crippen LogP) is 1.83. The number of alkyl halides is 1. The summed E-state index contributed by atoms with van der Waals surface area (Å²) in [5.74, 6) is 0.536. The fourth-order valence-electron chi connectivity index (χ4n) is 0.122. The van der Waals surface area contributed by atoms with Crippen molar-refractivity contribution < 1.29 is 0 Å². The van der Waals surface area contributed by atoms with Crippen molar-refractivity contribution in [2.75, 3.05) is 4.55 Å². The third-order valence-corrected chi connectivity index (χ3v) is 0.792. The van der Waals surface area contributed by atoms with Crippen LogP contribution in [0.25, 0.3) is 0 Å². The van der Waals surface area contributed by atoms with Crippen LogP contribution in [0.1, 0.15) is 6.92 Å². The fourth-order valence-corrected chi connectivity index (χ4v) is 0.616. The second-order valence-corrected chi connectivity index (χ2v) is 1.62. The summed E-state index contributed by atoms with van der Waals surface area (Å²) in [5, 5.41) is 3.07. The Hall–Kier alpha value is 0. The van der Waals surface area contributed by atoms with Crippen molar-refractivity contribution in [1.82, 2.24) is 0 Å². The molecule has 0 fully saturated rings. The molecule has 3 nitrogen and oxygen atoms in total. The van der Waals surface area contributed by atoms with E-state index in [2.05, 4.69) is 32.7 Å². The lowest BCUT2D eigenvalue weighted by Crippen LogP contribution is -1.80. The number of hydrogen-bond donors (Lipinski definition) is 1. The Morgan fingerprint density at radius 3 is 2.57 bits per heavy atom. The van der Waals surface area contributed by atoms with E-state index in [4.69, 9.17) is 5.53 Å². The third-order valence-electron chi connectivity index (χ3n) is 0.450. The van der Waals surface area contributed by atoms with E-state index in [0.29, 0.717) is 10.4 Å². The molecule has 0 atom stereocenters. The summed E-state index contributed by atoms with van der Waals surface area (Å²) in [6.07, 6.45) is 0. The first-order chi connectivity index (χ1) is 3.31. The molecule has 0 bridgehead atoms. The lowest BCUT2D eigenvalue weighted by molar-refractivity contribution is 1.16. The highest BCUT2D eigenvalue weighted by atomic mass is 127. The third kappa shape index (κ3) is 3.84. The van der Waals surface area contributed by atoms with Crippen molar-refractivity contribution in [3.8, 4) is 0 Å². The van der Waals surface area contributed by atoms with Gasteiger partial charge in [-0.25, -0.2) is 5.53 Å². The number of amidine groups is 1. The maximum absolute atomic E-state index is 6.40. The zero-order chi connectivity index (χ0) is 5.70. The second-order valence-electron chi connectivity index (χ2n) is 0.937. The van der Waals surface area contributed by atoms with Gasteiger partial charge in [-0.15, -0.1) is 5.11 Å². The summed E-state index contributed by atoms with van der Waals surface area (Å²) in [6, 6.07) is 0. The summed E-state index contributed by atoms with van der Waals surface area (Å²) >= 11 is 2.10. The molecular weight excluding hydrogens is 205 g/mol. The molecule has 1 N–H and O–H groups in total. The first-order valence-corrected chi connectivity index (χ1v) is 3.28. The van der Waals surface area contributed by atoms with Crippen LogP contribution in [0.5, 0.6) is 0 Å². The van der Waals surface area contributed by atoms with E-state index in [1.807, 2.05) is 0 Å². The molecule has 40 valence electrons. The normalized spacial score (nSPS) is 11.4. The van der Waals surface area contributed by atoms with E-state index in [1.165, 1.54) is 0 Å². The molecule has 0 aliphatic carbocycles. The van der Waals surface area contributed by atoms with Crippen LogP contribution in [-0.2, 0) is 0 Å². The lowest BCUT2D eigenvalue weighted by atomic mass is 10.7. The van der Waals surface area contributed by atoms with Crippen molar-refractivity contribution in [2.24, 2.45) is 10.1 Å². The Labute approximate surface area is 55.9 Å². The van der Waals surface area contributed by atoms with Gasteiger partial charge in [0.1, 0.15) is 5.84 Å². The molecule has 0 aromatic heterocycles. The summed E-state index contributed by atoms with van der Waals surface area (Å²) in [7, 11) is 0. The monoisotopic (exact) mass is 211 g/mol. The Morgan fingerprint density at radius 1 is 1.86 bits per heavy atom. The molecule has 0 saturated heterocycles. The molecule has 7 heavy (non-hydrogen) atoms. The molecule has 0 saturated carbocycles. The van der Waals surface area contributed by atoms with Crippen LogP contribution in [0.3, 0.4) is 0 Å². The largest absolute Gasteiger partial charge is 0.258 e. The van der Waals surface area contributed by atoms with E-state index in [9.17, 15) is 0 Å². The zero-order valence-corrected chi connectivity index (χ0v) is 6.14. The molecule has 0 radical (unpaired) electrons. The van der Waals surface area contributed by atoms with Gasteiger partial charge in [0, 0.05) is 0 Å². The Morgan fingerprint density at radius 2 is 2.43 bits per heavy atom. The van der Waals surface area contributed by atoms with Crippen LogP contribution >= 0.6 is 22.6 Å². The van der Waals surface area contributed by atoms with E-state index in [-0.39, 0.29) is 0 Å². The summed E-state index contributed by atoms with van der Waals surface area (Å²) in [5.41, 5.74) is 6.40. The first-order valence-electron chi connectivity index (χ1n) is 1.75. The van der Waals surface area contributed by atoms with Crippen LogP contribution in [0.15, 0.2) is 10.1 Å². The van der Waals surface area contributed by atoms with Gasteiger partial charge in [-0.2, -0.15) is 0 Å². The van der Waals surface area contributed by atoms with Gasteiger partial charge in [0.25, 0.3) is 0 Å². The number of aliphatic imine (C=N–C) groups is 1. The molecule has 0 aliphatic heterocycles. The quantitative estimate of drug-likeness (QED) is 0.172. The average molecular weight is 211 g/mol. The Kier molecular flexibility index (Phi) is 4.17. The topological polar surface area (TPSA) is 48.6 Å². The van der Waals surface area contributed by atoms with Crippen LogP contribution in [0.2, 0.25) is 0 Å². The average Bonchev–Trinajstić information content (AvgIpc) is 1.68. The second kappa shape index (κ2) is 4.17. The molecule has 4 heteroatoms. The molecule has 0 aromatic carbocycles. The molecule has 0 heterocycles. The molecule has 0 unspecified atom stereocenters. The molecule has 0 aromatic rings. The van der Waals surface area contributed by atoms with Crippen molar-refractivity contribution in [1.29, 1.82) is 5.53 Å². The van der Waals surface area contributed by atoms with E-state index in [0.717, 1.165) is 0 Å². The number of rotatable bonds is 1. The van der Waals surface area contributed by atoms with Gasteiger partial charge in [-0.05, 0) is 6.92 Å². The number of halogens is 1. The molecule has 0 rings (SSSR count). The summed E-state index contributed by atoms with van der Waals surface area (Å²) in [4.78, 5) is 3.79. The summed E-state index contributed by atoms with van der Waals surface area (Å²) in [6.45, 7) is 1.70. The highest BCUT2D eigenvalue weighted by molar-refractivity contribution is 14.1. The maximum atomic E-state index is 6.40. The van der Waals surface area contributed by atoms with Gasteiger partial charge in [-0.3, -0.25) is 4.99 Å². The minimum absolute atomic E-state index is 0.536. The van der Waals surface area contributed by atoms with Crippen molar-refractivity contribution >= 4 is 28.4 Å². The zero-order valence-electron chi connectivity index (χ0n) is 3.98. The van der Waals surface area contributed by atoms with Crippen molar-refractivity contribution in [2.45, 2.75) is 6.92 Å². The van der Waals surface area contributed by atoms with Gasteiger partial charge < -0.3 is 0 Å². The van der Waals surface area contributed by atoms with Crippen LogP contribution in [0, 0.1) is 5.53 Å². The smallest absolute Gasteiger partial charge is 0.143 e. The van der Waals surface area contributed by atoms with E-state index >= 15 is 0 Å². The van der Waals surface area contributed by atoms with Crippen LogP contribution < -0.4 is 0 Å². The van der Waals surface area contributed by atoms with Crippen molar-refractivity contribution in [3.05, 3.63) is 0 Å². The molecular formula is C3H6IN3. The number of nitrogens with zero attached hydrogens (tertiary/aromatic N) is 2. The van der Waals surface area contributed by atoms with Gasteiger partial charge in [-0.1, -0.05) is 22.6 Å². The maximum Gasteiger partial charge on any atom is 0.143 e. The van der Waals surface area contributed by atoms with Crippen molar-refractivity contribution in [3.63, 3.8) is 0 Å². The Bertz CT molecular complexity index is 88.2. The standard InChI is InChI=1S/C3H6IN3/c1-3(7-5)6-2-4/h5H,2H2,1H3. The molecule has 0 spiro atoms. The van der Waals surface area contributed by atoms with Crippen LogP contribution in [0.4, 0.5) is 0 Å². The fraction of sp³-hybridized carbons (Fsp3) is 0.667. The van der Waals surface area contributed by atoms with E-state index in [1.54, 1.807) is 6.92 Å². The van der Waals surface area contributed by atoms with Crippen LogP contribution in [-0.4, -0.2) is 10.4 Å². The Balaban J connectivity index is 3.49. The first kappa shape index (κ1) is 7.00. The lowest BCUT2D eigenvalue weighted by Gasteiger charge is -1.80. The highest BCUT2D eigenvalue weighted by Gasteiger charge is 1.76.